The molecule has 0 N–H and O–H groups in total. The van der Waals surface area contributed by atoms with Crippen LogP contribution in [0, 0.1) is 0 Å². The van der Waals surface area contributed by atoms with Gasteiger partial charge in [-0.05, 0) is 51.3 Å². The standard InChI is InChI=1S/4C3H9OPS.Ti/c4*1-3-5(2,4)6;/h4*3H2,1-2H3,(H,4,6);/q;;;;+4/p-4. The molecule has 0 rings (SSSR count). The Morgan fingerprint density at radius 2 is 0.520 bits per heavy atom. The van der Waals surface area contributed by atoms with Crippen molar-refractivity contribution in [1.82, 2.24) is 0 Å². The van der Waals surface area contributed by atoms with E-state index in [1.54, 1.807) is 26.7 Å². The van der Waals surface area contributed by atoms with Crippen LogP contribution < -0.4 is 19.6 Å². The Balaban J connectivity index is -0.0000000702. The molecule has 13 heteroatoms. The van der Waals surface area contributed by atoms with E-state index in [1.165, 1.54) is 0 Å². The van der Waals surface area contributed by atoms with E-state index in [-0.39, 0.29) is 21.7 Å². The molecule has 0 saturated carbocycles. The Labute approximate surface area is 191 Å². The molecule has 0 bridgehead atoms. The molecule has 0 aromatic carbocycles. The minimum Gasteiger partial charge on any atom is -0.821 e. The van der Waals surface area contributed by atoms with Crippen molar-refractivity contribution in [2.24, 2.45) is 0 Å². The van der Waals surface area contributed by atoms with Crippen molar-refractivity contribution in [3.63, 3.8) is 0 Å². The first-order chi connectivity index (χ1) is 10.2. The molecular weight excluding hydrogens is 508 g/mol. The number of hydrogen-bond acceptors (Lipinski definition) is 8. The third-order valence-corrected chi connectivity index (χ3v) is 9.99. The Morgan fingerprint density at radius 1 is 0.480 bits per heavy atom. The summed E-state index contributed by atoms with van der Waals surface area (Å²) in [6, 6.07) is 0. The summed E-state index contributed by atoms with van der Waals surface area (Å²) in [5, 5.41) is 0. The largest absolute Gasteiger partial charge is 4.00 e. The summed E-state index contributed by atoms with van der Waals surface area (Å²) in [7, 11) is 0. The van der Waals surface area contributed by atoms with Crippen molar-refractivity contribution in [3.8, 4) is 0 Å². The second-order valence-electron chi connectivity index (χ2n) is 5.32. The van der Waals surface area contributed by atoms with Gasteiger partial charge in [0.15, 0.2) is 0 Å². The Bertz CT molecular complexity index is 394. The molecule has 0 fully saturated rings. The zero-order valence-corrected chi connectivity index (χ0v) is 24.8. The van der Waals surface area contributed by atoms with Crippen molar-refractivity contribution in [3.05, 3.63) is 0 Å². The maximum Gasteiger partial charge on any atom is 4.00 e. The van der Waals surface area contributed by atoms with Gasteiger partial charge in [0.2, 0.25) is 0 Å². The molecule has 0 saturated heterocycles. The van der Waals surface area contributed by atoms with Crippen LogP contribution >= 0.6 is 25.1 Å². The predicted molar refractivity (Wildman–Crippen MR) is 123 cm³/mol. The van der Waals surface area contributed by atoms with Gasteiger partial charge in [0.05, 0.1) is 0 Å². The van der Waals surface area contributed by atoms with E-state index in [0.717, 1.165) is 0 Å². The molecule has 0 aliphatic heterocycles. The van der Waals surface area contributed by atoms with Crippen LogP contribution in [0.15, 0.2) is 0 Å². The van der Waals surface area contributed by atoms with Crippen LogP contribution in [-0.2, 0) is 68.9 Å². The van der Waals surface area contributed by atoms with Crippen molar-refractivity contribution >= 4 is 72.3 Å². The summed E-state index contributed by atoms with van der Waals surface area (Å²) < 4.78 is 0. The van der Waals surface area contributed by atoms with Gasteiger partial charge in [-0.1, -0.05) is 27.7 Å². The van der Waals surface area contributed by atoms with E-state index in [4.69, 9.17) is 0 Å². The fourth-order valence-electron chi connectivity index (χ4n) is 0. The zero-order valence-electron chi connectivity index (χ0n) is 16.4. The average molecular weight is 540 g/mol. The second kappa shape index (κ2) is 19.1. The molecule has 0 aliphatic rings. The summed E-state index contributed by atoms with van der Waals surface area (Å²) in [6.45, 7) is 13.8. The normalized spacial score (nSPS) is 19.0. The van der Waals surface area contributed by atoms with Crippen LogP contribution in [0.25, 0.3) is 0 Å². The van der Waals surface area contributed by atoms with Crippen LogP contribution in [0.5, 0.6) is 0 Å². The van der Waals surface area contributed by atoms with Crippen molar-refractivity contribution < 1.29 is 41.3 Å². The van der Waals surface area contributed by atoms with Crippen molar-refractivity contribution in [2.45, 2.75) is 27.7 Å². The molecule has 0 aromatic rings. The average Bonchev–Trinajstić information content (AvgIpc) is 2.37. The molecule has 0 amide bonds. The quantitative estimate of drug-likeness (QED) is 0.392. The predicted octanol–water partition coefficient (Wildman–Crippen LogP) is 1.56. The van der Waals surface area contributed by atoms with Gasteiger partial charge < -0.3 is 19.6 Å². The van der Waals surface area contributed by atoms with Gasteiger partial charge in [0, 0.05) is 0 Å². The van der Waals surface area contributed by atoms with Gasteiger partial charge in [0.1, 0.15) is 0 Å². The Kier molecular flexibility index (Phi) is 29.6. The smallest absolute Gasteiger partial charge is 0.821 e. The SMILES string of the molecule is CCP(C)([O-])=S.CCP(C)([O-])=S.CCP(C)([O-])=S.CCP(C)([O-])=S.[Ti+4]. The molecular formula is C12H32O4P4S4Ti. The molecule has 4 nitrogen and oxygen atoms in total. The van der Waals surface area contributed by atoms with E-state index in [9.17, 15) is 19.6 Å². The summed E-state index contributed by atoms with van der Waals surface area (Å²) in [5.74, 6) is 0. The Hall–Kier alpha value is 3.15. The molecule has 0 heterocycles. The van der Waals surface area contributed by atoms with E-state index in [1.807, 2.05) is 27.7 Å². The summed E-state index contributed by atoms with van der Waals surface area (Å²) in [4.78, 5) is 41.6. The minimum atomic E-state index is -2.06. The van der Waals surface area contributed by atoms with Crippen LogP contribution in [0.4, 0.5) is 0 Å². The topological polar surface area (TPSA) is 92.2 Å². The van der Waals surface area contributed by atoms with E-state index in [2.05, 4.69) is 47.2 Å². The van der Waals surface area contributed by atoms with Gasteiger partial charge in [-0.3, -0.25) is 0 Å². The van der Waals surface area contributed by atoms with E-state index >= 15 is 0 Å². The number of rotatable bonds is 4. The van der Waals surface area contributed by atoms with Crippen LogP contribution in [-0.4, -0.2) is 51.3 Å². The summed E-state index contributed by atoms with van der Waals surface area (Å²) in [6.07, 6.45) is -5.69. The third kappa shape index (κ3) is 74.8. The van der Waals surface area contributed by atoms with Gasteiger partial charge in [-0.15, -0.1) is 72.3 Å². The van der Waals surface area contributed by atoms with Crippen LogP contribution in [0.1, 0.15) is 27.7 Å². The first-order valence-corrected chi connectivity index (χ1v) is 20.8. The maximum absolute atomic E-state index is 10.4. The Morgan fingerprint density at radius 3 is 0.520 bits per heavy atom. The monoisotopic (exact) mass is 540 g/mol. The molecule has 25 heavy (non-hydrogen) atoms. The van der Waals surface area contributed by atoms with E-state index < -0.39 is 25.1 Å². The minimum absolute atomic E-state index is 0. The molecule has 0 aliphatic carbocycles. The van der Waals surface area contributed by atoms with Crippen molar-refractivity contribution in [2.75, 3.05) is 51.3 Å². The fourth-order valence-corrected chi connectivity index (χ4v) is 0. The maximum atomic E-state index is 10.4. The van der Waals surface area contributed by atoms with Gasteiger partial charge in [-0.25, -0.2) is 0 Å². The third-order valence-electron chi connectivity index (χ3n) is 2.30. The number of hydrogen-bond donors (Lipinski definition) is 0. The van der Waals surface area contributed by atoms with Crippen molar-refractivity contribution in [1.29, 1.82) is 0 Å². The molecule has 0 radical (unpaired) electrons. The van der Waals surface area contributed by atoms with Gasteiger partial charge >= 0.3 is 21.7 Å². The zero-order chi connectivity index (χ0) is 20.8. The van der Waals surface area contributed by atoms with Crippen LogP contribution in [0.3, 0.4) is 0 Å². The summed E-state index contributed by atoms with van der Waals surface area (Å²) >= 11 is 18.2. The molecule has 152 valence electrons. The van der Waals surface area contributed by atoms with Gasteiger partial charge in [0.25, 0.3) is 0 Å². The van der Waals surface area contributed by atoms with Crippen LogP contribution in [0.2, 0.25) is 0 Å². The second-order valence-corrected chi connectivity index (χ2v) is 25.2. The fraction of sp³-hybridized carbons (Fsp3) is 1.00. The van der Waals surface area contributed by atoms with Gasteiger partial charge in [-0.2, -0.15) is 0 Å². The van der Waals surface area contributed by atoms with E-state index in [0.29, 0.717) is 24.6 Å². The molecule has 4 unspecified atom stereocenters. The first-order valence-electron chi connectivity index (χ1n) is 7.34. The first kappa shape index (κ1) is 38.7. The summed E-state index contributed by atoms with van der Waals surface area (Å²) in [5.41, 5.74) is 0. The molecule has 0 aromatic heterocycles. The molecule has 0 spiro atoms. The molecule has 4 atom stereocenters.